The van der Waals surface area contributed by atoms with Crippen LogP contribution in [0.15, 0.2) is 36.8 Å². The summed E-state index contributed by atoms with van der Waals surface area (Å²) in [7, 11) is 1.63. The quantitative estimate of drug-likeness (QED) is 0.603. The van der Waals surface area contributed by atoms with Crippen LogP contribution in [0.25, 0.3) is 5.69 Å². The van der Waals surface area contributed by atoms with Gasteiger partial charge in [0, 0.05) is 7.62 Å². The van der Waals surface area contributed by atoms with Crippen LogP contribution in [0.3, 0.4) is 0 Å². The Morgan fingerprint density at radius 1 is 1.16 bits per heavy atom. The van der Waals surface area contributed by atoms with E-state index in [1.54, 1.807) is 20.4 Å². The largest absolute Gasteiger partial charge is 0.495 e. The molecule has 1 fully saturated rings. The van der Waals surface area contributed by atoms with Gasteiger partial charge >= 0.3 is 6.09 Å². The SMILES string of the molecule is CC.CC.COc1ccccc1-n1cnc(CNc2nc(C)nc(N3CCOC3=O)n2)c1.[HH]. The van der Waals surface area contributed by atoms with Gasteiger partial charge in [-0.15, -0.1) is 0 Å². The van der Waals surface area contributed by atoms with Crippen molar-refractivity contribution < 1.29 is 15.7 Å². The lowest BCUT2D eigenvalue weighted by molar-refractivity contribution is 0.181. The Morgan fingerprint density at radius 2 is 1.91 bits per heavy atom. The van der Waals surface area contributed by atoms with Crippen LogP contribution in [0, 0.1) is 6.92 Å². The van der Waals surface area contributed by atoms with E-state index in [9.17, 15) is 4.79 Å². The number of methoxy groups -OCH3 is 1. The lowest BCUT2D eigenvalue weighted by atomic mass is 10.3. The first-order valence-corrected chi connectivity index (χ1v) is 10.7. The standard InChI is InChI=1S/C18H19N7O3.2C2H6.H2/c1-12-21-16(23-17(22-12)25-7-8-28-18(25)26)19-9-13-10-24(11-20-13)14-5-3-4-6-15(14)27-2;2*1-2;/h3-6,10-11H,7-9H2,1-2H3,(H,19,21,22,23);2*1-2H3;1H. The zero-order valence-corrected chi connectivity index (χ0v) is 19.5. The Labute approximate surface area is 190 Å². The highest BCUT2D eigenvalue weighted by Crippen LogP contribution is 2.22. The van der Waals surface area contributed by atoms with Gasteiger partial charge in [-0.25, -0.2) is 14.7 Å². The van der Waals surface area contributed by atoms with Crippen LogP contribution in [-0.2, 0) is 11.3 Å². The summed E-state index contributed by atoms with van der Waals surface area (Å²) in [5.74, 6) is 1.91. The average molecular weight is 444 g/mol. The second kappa shape index (κ2) is 12.2. The fourth-order valence-electron chi connectivity index (χ4n) is 2.84. The highest BCUT2D eigenvalue weighted by molar-refractivity contribution is 5.87. The van der Waals surface area contributed by atoms with Crippen molar-refractivity contribution in [2.24, 2.45) is 0 Å². The van der Waals surface area contributed by atoms with Gasteiger partial charge in [-0.3, -0.25) is 0 Å². The number of nitrogens with one attached hydrogen (secondary N) is 1. The minimum atomic E-state index is -0.452. The Balaban J connectivity index is 0.00000103. The molecular formula is C22H33N7O3. The topological polar surface area (TPSA) is 107 Å². The Hall–Kier alpha value is -3.69. The van der Waals surface area contributed by atoms with Crippen LogP contribution in [-0.4, -0.2) is 50.9 Å². The number of cyclic esters (lactones) is 1. The number of anilines is 2. The number of amides is 1. The summed E-state index contributed by atoms with van der Waals surface area (Å²) >= 11 is 0. The lowest BCUT2D eigenvalue weighted by Gasteiger charge is -2.12. The third-order valence-electron chi connectivity index (χ3n) is 4.16. The van der Waals surface area contributed by atoms with E-state index in [0.29, 0.717) is 31.5 Å². The average Bonchev–Trinajstić information content (AvgIpc) is 3.49. The van der Waals surface area contributed by atoms with Gasteiger partial charge in [0.25, 0.3) is 0 Å². The summed E-state index contributed by atoms with van der Waals surface area (Å²) in [4.78, 5) is 30.3. The van der Waals surface area contributed by atoms with Crippen molar-refractivity contribution in [2.45, 2.75) is 41.2 Å². The van der Waals surface area contributed by atoms with Crippen molar-refractivity contribution in [3.63, 3.8) is 0 Å². The molecule has 10 heteroatoms. The molecule has 174 valence electrons. The van der Waals surface area contributed by atoms with Gasteiger partial charge in [0.15, 0.2) is 0 Å². The number of para-hydroxylation sites is 2. The van der Waals surface area contributed by atoms with E-state index in [0.717, 1.165) is 17.1 Å². The van der Waals surface area contributed by atoms with Crippen molar-refractivity contribution in [1.82, 2.24) is 24.5 Å². The van der Waals surface area contributed by atoms with E-state index in [1.165, 1.54) is 4.90 Å². The van der Waals surface area contributed by atoms with Crippen molar-refractivity contribution in [1.29, 1.82) is 0 Å². The molecule has 2 aromatic heterocycles. The van der Waals surface area contributed by atoms with Crippen LogP contribution in [0.2, 0.25) is 0 Å². The second-order valence-corrected chi connectivity index (χ2v) is 6.07. The predicted molar refractivity (Wildman–Crippen MR) is 126 cm³/mol. The molecule has 1 aromatic carbocycles. The maximum atomic E-state index is 11.7. The van der Waals surface area contributed by atoms with Crippen molar-refractivity contribution >= 4 is 18.0 Å². The summed E-state index contributed by atoms with van der Waals surface area (Å²) < 4.78 is 12.2. The molecule has 0 bridgehead atoms. The van der Waals surface area contributed by atoms with E-state index in [2.05, 4.69) is 25.3 Å². The Kier molecular flexibility index (Phi) is 9.40. The first-order chi connectivity index (χ1) is 15.6. The molecule has 0 atom stereocenters. The molecule has 1 aliphatic rings. The van der Waals surface area contributed by atoms with E-state index in [1.807, 2.05) is 62.7 Å². The first-order valence-electron chi connectivity index (χ1n) is 10.7. The van der Waals surface area contributed by atoms with Gasteiger partial charge in [0.05, 0.1) is 37.9 Å². The molecule has 1 aliphatic heterocycles. The third-order valence-corrected chi connectivity index (χ3v) is 4.16. The van der Waals surface area contributed by atoms with E-state index in [4.69, 9.17) is 9.47 Å². The minimum absolute atomic E-state index is 0. The molecule has 1 saturated heterocycles. The zero-order chi connectivity index (χ0) is 23.5. The molecule has 0 radical (unpaired) electrons. The number of aryl methyl sites for hydroxylation is 1. The monoisotopic (exact) mass is 443 g/mol. The molecule has 10 nitrogen and oxygen atoms in total. The molecule has 0 spiro atoms. The highest BCUT2D eigenvalue weighted by atomic mass is 16.6. The second-order valence-electron chi connectivity index (χ2n) is 6.07. The van der Waals surface area contributed by atoms with E-state index < -0.39 is 6.09 Å². The third kappa shape index (κ3) is 5.93. The molecular weight excluding hydrogens is 410 g/mol. The molecule has 0 aliphatic carbocycles. The van der Waals surface area contributed by atoms with Crippen molar-refractivity contribution in [3.8, 4) is 11.4 Å². The van der Waals surface area contributed by atoms with Crippen LogP contribution in [0.1, 0.15) is 40.6 Å². The number of hydrogen-bond acceptors (Lipinski definition) is 8. The van der Waals surface area contributed by atoms with Crippen molar-refractivity contribution in [2.75, 3.05) is 30.5 Å². The van der Waals surface area contributed by atoms with Gasteiger partial charge in [0.1, 0.15) is 18.2 Å². The number of ether oxygens (including phenoxy) is 2. The van der Waals surface area contributed by atoms with Gasteiger partial charge in [0.2, 0.25) is 11.9 Å². The number of rotatable bonds is 6. The number of benzene rings is 1. The molecule has 1 amide bonds. The number of hydrogen-bond donors (Lipinski definition) is 1. The maximum Gasteiger partial charge on any atom is 0.416 e. The maximum absolute atomic E-state index is 11.7. The van der Waals surface area contributed by atoms with Crippen LogP contribution in [0.4, 0.5) is 16.7 Å². The van der Waals surface area contributed by atoms with E-state index >= 15 is 0 Å². The summed E-state index contributed by atoms with van der Waals surface area (Å²) in [6.07, 6.45) is 3.17. The fourth-order valence-corrected chi connectivity index (χ4v) is 2.84. The van der Waals surface area contributed by atoms with Crippen molar-refractivity contribution in [3.05, 3.63) is 48.3 Å². The first kappa shape index (κ1) is 24.6. The number of carbonyl (C=O) groups is 1. The van der Waals surface area contributed by atoms with Gasteiger partial charge in [-0.1, -0.05) is 39.8 Å². The number of carbonyl (C=O) groups excluding carboxylic acids is 1. The molecule has 4 rings (SSSR count). The van der Waals surface area contributed by atoms with Crippen LogP contribution < -0.4 is 15.0 Å². The highest BCUT2D eigenvalue weighted by Gasteiger charge is 2.26. The van der Waals surface area contributed by atoms with E-state index in [-0.39, 0.29) is 7.37 Å². The Morgan fingerprint density at radius 3 is 2.59 bits per heavy atom. The molecule has 32 heavy (non-hydrogen) atoms. The molecule has 1 N–H and O–H groups in total. The minimum Gasteiger partial charge on any atom is -0.495 e. The Bertz CT molecular complexity index is 1010. The molecule has 0 saturated carbocycles. The number of imidazole rings is 1. The lowest BCUT2D eigenvalue weighted by Crippen LogP contribution is -2.26. The summed E-state index contributed by atoms with van der Waals surface area (Å²) in [5.41, 5.74) is 1.70. The molecule has 0 unspecified atom stereocenters. The van der Waals surface area contributed by atoms with Crippen LogP contribution >= 0.6 is 0 Å². The fraction of sp³-hybridized carbons (Fsp3) is 0.409. The summed E-state index contributed by atoms with van der Waals surface area (Å²) in [6.45, 7) is 10.9. The summed E-state index contributed by atoms with van der Waals surface area (Å²) in [5, 5.41) is 3.13. The smallest absolute Gasteiger partial charge is 0.416 e. The van der Waals surface area contributed by atoms with Gasteiger partial charge < -0.3 is 19.4 Å². The molecule has 3 aromatic rings. The normalized spacial score (nSPS) is 12.2. The van der Waals surface area contributed by atoms with Crippen LogP contribution in [0.5, 0.6) is 5.75 Å². The number of aromatic nitrogens is 5. The molecule has 3 heterocycles. The van der Waals surface area contributed by atoms with Gasteiger partial charge in [-0.2, -0.15) is 15.0 Å². The zero-order valence-electron chi connectivity index (χ0n) is 19.5. The summed E-state index contributed by atoms with van der Waals surface area (Å²) in [6, 6.07) is 7.70. The van der Waals surface area contributed by atoms with Gasteiger partial charge in [-0.05, 0) is 19.1 Å². The number of nitrogens with zero attached hydrogens (tertiary/aromatic N) is 6. The predicted octanol–water partition coefficient (Wildman–Crippen LogP) is 4.24.